The van der Waals surface area contributed by atoms with E-state index in [1.807, 2.05) is 0 Å². The molecule has 3 aromatic carbocycles. The Kier molecular flexibility index (Phi) is 9.15. The van der Waals surface area contributed by atoms with Crippen molar-refractivity contribution in [3.63, 3.8) is 0 Å². The summed E-state index contributed by atoms with van der Waals surface area (Å²) in [5.74, 6) is -1.16. The molecule has 0 amide bonds. The Labute approximate surface area is 248 Å². The molecule has 0 saturated heterocycles. The number of rotatable bonds is 10. The van der Waals surface area contributed by atoms with Gasteiger partial charge in [0.15, 0.2) is 5.78 Å². The van der Waals surface area contributed by atoms with Crippen molar-refractivity contribution in [2.75, 3.05) is 6.61 Å². The molecule has 226 valence electrons. The molecule has 0 aliphatic carbocycles. The van der Waals surface area contributed by atoms with Crippen molar-refractivity contribution >= 4 is 39.0 Å². The van der Waals surface area contributed by atoms with Gasteiger partial charge in [-0.2, -0.15) is 8.79 Å². The highest BCUT2D eigenvalue weighted by atomic mass is 32.2. The van der Waals surface area contributed by atoms with E-state index in [9.17, 15) is 22.4 Å². The third-order valence-corrected chi connectivity index (χ3v) is 8.51. The summed E-state index contributed by atoms with van der Waals surface area (Å²) in [6.45, 7) is 7.68. The second-order valence-electron chi connectivity index (χ2n) is 10.8. The first kappa shape index (κ1) is 31.6. The van der Waals surface area contributed by atoms with E-state index in [1.165, 1.54) is 52.0 Å². The van der Waals surface area contributed by atoms with Gasteiger partial charge in [0.1, 0.15) is 23.8 Å². The lowest BCUT2D eigenvalue weighted by Gasteiger charge is -2.15. The molecular formula is C32H31F2NO7S. The summed E-state index contributed by atoms with van der Waals surface area (Å²) in [4.78, 5) is 24.1. The van der Waals surface area contributed by atoms with Gasteiger partial charge in [-0.3, -0.25) is 9.59 Å². The lowest BCUT2D eigenvalue weighted by molar-refractivity contribution is -0.142. The van der Waals surface area contributed by atoms with Crippen molar-refractivity contribution in [2.45, 2.75) is 52.4 Å². The van der Waals surface area contributed by atoms with Gasteiger partial charge in [0.05, 0.1) is 24.0 Å². The maximum atomic E-state index is 15.8. The molecule has 0 unspecified atom stereocenters. The lowest BCUT2D eigenvalue weighted by atomic mass is 9.98. The Morgan fingerprint density at radius 2 is 1.77 bits per heavy atom. The molecule has 0 spiro atoms. The Hall–Kier alpha value is -4.38. The number of ketones is 1. The highest BCUT2D eigenvalue weighted by Gasteiger charge is 2.28. The second-order valence-corrected chi connectivity index (χ2v) is 13.2. The van der Waals surface area contributed by atoms with Gasteiger partial charge in [0, 0.05) is 39.3 Å². The standard InChI is InChI=1S/C32H31F2NO7S/c1-6-40-29(37)16-22-11-10-21(19(2)36)14-27(22)41-18-20-12-24-15-28(33)42-31(24)26(13-20)25-9-7-8-23(30(25)34)17-35-43(38,39)32(3,4)5/h7-15,17H,6,16,18H2,1-5H3. The van der Waals surface area contributed by atoms with Gasteiger partial charge in [-0.1, -0.05) is 30.3 Å². The molecule has 0 fully saturated rings. The van der Waals surface area contributed by atoms with Crippen molar-refractivity contribution in [1.29, 1.82) is 0 Å². The number of Topliss-reactive ketones (excluding diaryl/α,β-unsaturated/α-hetero) is 1. The topological polar surface area (TPSA) is 112 Å². The van der Waals surface area contributed by atoms with Crippen LogP contribution in [0.3, 0.4) is 0 Å². The smallest absolute Gasteiger partial charge is 0.310 e. The van der Waals surface area contributed by atoms with E-state index < -0.39 is 32.6 Å². The Balaban J connectivity index is 1.74. The number of hydrogen-bond donors (Lipinski definition) is 0. The van der Waals surface area contributed by atoms with Gasteiger partial charge in [-0.15, -0.1) is 0 Å². The average molecular weight is 612 g/mol. The maximum Gasteiger partial charge on any atom is 0.310 e. The zero-order valence-corrected chi connectivity index (χ0v) is 25.2. The van der Waals surface area contributed by atoms with Crippen LogP contribution in [0, 0.1) is 11.8 Å². The maximum absolute atomic E-state index is 15.8. The quantitative estimate of drug-likeness (QED) is 0.110. The van der Waals surface area contributed by atoms with Crippen LogP contribution in [0.5, 0.6) is 5.75 Å². The van der Waals surface area contributed by atoms with Crippen LogP contribution in [0.4, 0.5) is 8.78 Å². The fourth-order valence-electron chi connectivity index (χ4n) is 4.19. The third-order valence-electron chi connectivity index (χ3n) is 6.58. The summed E-state index contributed by atoms with van der Waals surface area (Å²) < 4.78 is 73.7. The van der Waals surface area contributed by atoms with Gasteiger partial charge in [-0.05, 0) is 58.4 Å². The number of hydrogen-bond acceptors (Lipinski definition) is 7. The first-order valence-corrected chi connectivity index (χ1v) is 14.9. The zero-order chi connectivity index (χ0) is 31.5. The van der Waals surface area contributed by atoms with Crippen molar-refractivity contribution in [3.05, 3.63) is 88.7 Å². The van der Waals surface area contributed by atoms with E-state index in [0.29, 0.717) is 22.1 Å². The molecule has 0 aliphatic rings. The van der Waals surface area contributed by atoms with Crippen molar-refractivity contribution in [1.82, 2.24) is 0 Å². The summed E-state index contributed by atoms with van der Waals surface area (Å²) in [7, 11) is -3.92. The minimum atomic E-state index is -3.92. The summed E-state index contributed by atoms with van der Waals surface area (Å²) in [6, 6.07) is 12.5. The number of halogens is 2. The molecule has 4 rings (SSSR count). The van der Waals surface area contributed by atoms with Crippen LogP contribution in [0.25, 0.3) is 22.1 Å². The van der Waals surface area contributed by atoms with Crippen molar-refractivity contribution in [3.8, 4) is 16.9 Å². The first-order valence-electron chi connectivity index (χ1n) is 13.4. The summed E-state index contributed by atoms with van der Waals surface area (Å²) >= 11 is 0. The molecule has 43 heavy (non-hydrogen) atoms. The van der Waals surface area contributed by atoms with E-state index in [-0.39, 0.29) is 53.4 Å². The number of fused-ring (bicyclic) bond motifs is 1. The van der Waals surface area contributed by atoms with Crippen LogP contribution in [0.15, 0.2) is 63.4 Å². The van der Waals surface area contributed by atoms with Gasteiger partial charge in [0.2, 0.25) is 0 Å². The van der Waals surface area contributed by atoms with E-state index in [2.05, 4.69) is 4.40 Å². The van der Waals surface area contributed by atoms with E-state index in [0.717, 1.165) is 12.3 Å². The largest absolute Gasteiger partial charge is 0.489 e. The fourth-order valence-corrected chi connectivity index (χ4v) is 4.76. The summed E-state index contributed by atoms with van der Waals surface area (Å²) in [6.07, 6.45) is 0.864. The number of benzene rings is 3. The zero-order valence-electron chi connectivity index (χ0n) is 24.4. The molecule has 0 N–H and O–H groups in total. The van der Waals surface area contributed by atoms with Crippen LogP contribution >= 0.6 is 0 Å². The predicted molar refractivity (Wildman–Crippen MR) is 159 cm³/mol. The molecule has 0 aliphatic heterocycles. The average Bonchev–Trinajstić information content (AvgIpc) is 3.31. The number of carbonyl (C=O) groups excluding carboxylic acids is 2. The summed E-state index contributed by atoms with van der Waals surface area (Å²) in [5.41, 5.74) is 1.62. The molecule has 4 aromatic rings. The molecule has 0 bridgehead atoms. The van der Waals surface area contributed by atoms with Gasteiger partial charge >= 0.3 is 5.97 Å². The molecule has 1 aromatic heterocycles. The lowest BCUT2D eigenvalue weighted by Crippen LogP contribution is -2.25. The number of esters is 1. The minimum absolute atomic E-state index is 0.0277. The highest BCUT2D eigenvalue weighted by Crippen LogP contribution is 2.35. The van der Waals surface area contributed by atoms with Crippen LogP contribution in [0.1, 0.15) is 61.7 Å². The molecule has 0 atom stereocenters. The second kappa shape index (κ2) is 12.5. The highest BCUT2D eigenvalue weighted by molar-refractivity contribution is 7.91. The molecular weight excluding hydrogens is 580 g/mol. The fraction of sp³-hybridized carbons (Fsp3) is 0.281. The van der Waals surface area contributed by atoms with E-state index in [4.69, 9.17) is 13.9 Å². The monoisotopic (exact) mass is 611 g/mol. The molecule has 8 nitrogen and oxygen atoms in total. The molecule has 0 saturated carbocycles. The van der Waals surface area contributed by atoms with Crippen molar-refractivity contribution < 1.29 is 40.7 Å². The number of carbonyl (C=O) groups is 2. The first-order chi connectivity index (χ1) is 20.2. The SMILES string of the molecule is CCOC(=O)Cc1ccc(C(C)=O)cc1OCc1cc(-c2cccc(C=NS(=O)(=O)C(C)(C)C)c2F)c2oc(F)cc2c1. The number of ether oxygens (including phenoxy) is 2. The van der Waals surface area contributed by atoms with Crippen LogP contribution in [-0.4, -0.2) is 37.7 Å². The van der Waals surface area contributed by atoms with Crippen LogP contribution in [0.2, 0.25) is 0 Å². The van der Waals surface area contributed by atoms with Crippen LogP contribution in [-0.2, 0) is 32.6 Å². The van der Waals surface area contributed by atoms with Crippen molar-refractivity contribution in [2.24, 2.45) is 4.40 Å². The molecule has 0 radical (unpaired) electrons. The Morgan fingerprint density at radius 1 is 1.02 bits per heavy atom. The van der Waals surface area contributed by atoms with Gasteiger partial charge in [0.25, 0.3) is 16.0 Å². The number of nitrogens with zero attached hydrogens (tertiary/aromatic N) is 1. The normalized spacial score (nSPS) is 12.2. The Bertz CT molecular complexity index is 1840. The molecule has 11 heteroatoms. The minimum Gasteiger partial charge on any atom is -0.489 e. The van der Waals surface area contributed by atoms with E-state index in [1.54, 1.807) is 31.2 Å². The van der Waals surface area contributed by atoms with Gasteiger partial charge < -0.3 is 13.9 Å². The number of sulfonamides is 1. The predicted octanol–water partition coefficient (Wildman–Crippen LogP) is 6.81. The Morgan fingerprint density at radius 3 is 2.44 bits per heavy atom. The third kappa shape index (κ3) is 7.16. The van der Waals surface area contributed by atoms with Gasteiger partial charge in [-0.25, -0.2) is 12.8 Å². The van der Waals surface area contributed by atoms with E-state index >= 15 is 4.39 Å². The van der Waals surface area contributed by atoms with Crippen LogP contribution < -0.4 is 4.74 Å². The summed E-state index contributed by atoms with van der Waals surface area (Å²) in [5, 5.41) is 0.339. The molecule has 1 heterocycles. The number of furan rings is 1.